The van der Waals surface area contributed by atoms with Crippen molar-refractivity contribution in [3.05, 3.63) is 48.3 Å². The zero-order valence-corrected chi connectivity index (χ0v) is 15.1. The molecule has 1 fully saturated rings. The Balaban J connectivity index is 1.63. The van der Waals surface area contributed by atoms with Crippen molar-refractivity contribution in [2.45, 2.75) is 13.8 Å². The molecule has 0 unspecified atom stereocenters. The first-order chi connectivity index (χ1) is 12.6. The minimum atomic E-state index is -0.135. The van der Waals surface area contributed by atoms with Crippen LogP contribution in [0.4, 0.5) is 11.6 Å². The van der Waals surface area contributed by atoms with Gasteiger partial charge in [-0.2, -0.15) is 0 Å². The van der Waals surface area contributed by atoms with Crippen molar-refractivity contribution in [1.29, 1.82) is 0 Å². The first-order valence-corrected chi connectivity index (χ1v) is 8.69. The van der Waals surface area contributed by atoms with Crippen molar-refractivity contribution in [2.24, 2.45) is 0 Å². The fourth-order valence-electron chi connectivity index (χ4n) is 3.08. The van der Waals surface area contributed by atoms with Crippen molar-refractivity contribution in [2.75, 3.05) is 42.5 Å². The molecule has 0 radical (unpaired) electrons. The lowest BCUT2D eigenvalue weighted by molar-refractivity contribution is -0.131. The predicted molar refractivity (Wildman–Crippen MR) is 100 cm³/mol. The van der Waals surface area contributed by atoms with Gasteiger partial charge in [0, 0.05) is 51.2 Å². The summed E-state index contributed by atoms with van der Waals surface area (Å²) >= 11 is 0. The Morgan fingerprint density at radius 1 is 1.04 bits per heavy atom. The second kappa shape index (κ2) is 7.95. The largest absolute Gasteiger partial charge is 0.338 e. The molecule has 136 valence electrons. The Morgan fingerprint density at radius 2 is 1.69 bits per heavy atom. The summed E-state index contributed by atoms with van der Waals surface area (Å²) in [6.45, 7) is 6.04. The van der Waals surface area contributed by atoms with Gasteiger partial charge in [0.15, 0.2) is 0 Å². The minimum absolute atomic E-state index is 0.0444. The van der Waals surface area contributed by atoms with Crippen molar-refractivity contribution < 1.29 is 9.59 Å². The average Bonchev–Trinajstić information content (AvgIpc) is 2.67. The lowest BCUT2D eigenvalue weighted by Gasteiger charge is -2.35. The lowest BCUT2D eigenvalue weighted by atomic mass is 10.1. The van der Waals surface area contributed by atoms with Gasteiger partial charge in [-0.1, -0.05) is 18.2 Å². The molecule has 2 amide bonds. The van der Waals surface area contributed by atoms with E-state index in [0.717, 1.165) is 11.3 Å². The molecule has 0 N–H and O–H groups in total. The molecule has 2 aromatic rings. The molecule has 2 heterocycles. The molecule has 1 aliphatic rings. The van der Waals surface area contributed by atoms with Gasteiger partial charge in [0.2, 0.25) is 17.8 Å². The van der Waals surface area contributed by atoms with E-state index in [-0.39, 0.29) is 18.4 Å². The number of rotatable bonds is 4. The van der Waals surface area contributed by atoms with Gasteiger partial charge in [0.05, 0.1) is 0 Å². The topological polar surface area (TPSA) is 69.6 Å². The molecule has 1 aliphatic heterocycles. The van der Waals surface area contributed by atoms with Crippen LogP contribution in [-0.2, 0) is 9.59 Å². The van der Waals surface area contributed by atoms with Crippen LogP contribution in [0.1, 0.15) is 12.5 Å². The van der Waals surface area contributed by atoms with E-state index in [4.69, 9.17) is 0 Å². The number of aromatic nitrogens is 2. The number of carbonyl (C=O) groups is 2. The van der Waals surface area contributed by atoms with Crippen LogP contribution in [0.3, 0.4) is 0 Å². The number of anilines is 2. The number of para-hydroxylation sites is 1. The number of piperazine rings is 1. The van der Waals surface area contributed by atoms with Crippen LogP contribution in [0.25, 0.3) is 0 Å². The zero-order valence-electron chi connectivity index (χ0n) is 15.1. The Bertz CT molecular complexity index is 773. The smallest absolute Gasteiger partial charge is 0.242 e. The lowest BCUT2D eigenvalue weighted by Crippen LogP contribution is -2.52. The molecule has 0 bridgehead atoms. The third kappa shape index (κ3) is 3.99. The molecule has 0 atom stereocenters. The van der Waals surface area contributed by atoms with E-state index >= 15 is 0 Å². The summed E-state index contributed by atoms with van der Waals surface area (Å²) in [5, 5.41) is 0. The number of benzene rings is 1. The van der Waals surface area contributed by atoms with E-state index in [2.05, 4.69) is 14.9 Å². The molecule has 0 saturated carbocycles. The summed E-state index contributed by atoms with van der Waals surface area (Å²) in [6.07, 6.45) is 3.43. The molecular formula is C19H23N5O2. The zero-order chi connectivity index (χ0) is 18.5. The van der Waals surface area contributed by atoms with E-state index in [1.807, 2.05) is 31.2 Å². The first-order valence-electron chi connectivity index (χ1n) is 8.69. The normalized spacial score (nSPS) is 14.2. The van der Waals surface area contributed by atoms with Gasteiger partial charge in [0.1, 0.15) is 6.54 Å². The maximum atomic E-state index is 12.7. The molecule has 0 aliphatic carbocycles. The molecule has 1 aromatic carbocycles. The van der Waals surface area contributed by atoms with Crippen LogP contribution < -0.4 is 9.80 Å². The SMILES string of the molecule is CC(=O)N(CC(=O)N1CCN(c2ncccn2)CC1)c1ccccc1C. The summed E-state index contributed by atoms with van der Waals surface area (Å²) in [4.78, 5) is 38.7. The molecule has 7 nitrogen and oxygen atoms in total. The highest BCUT2D eigenvalue weighted by atomic mass is 16.2. The van der Waals surface area contributed by atoms with Gasteiger partial charge in [-0.05, 0) is 24.6 Å². The fourth-order valence-corrected chi connectivity index (χ4v) is 3.08. The molecular weight excluding hydrogens is 330 g/mol. The summed E-state index contributed by atoms with van der Waals surface area (Å²) in [5.74, 6) is 0.505. The van der Waals surface area contributed by atoms with Crippen LogP contribution in [-0.4, -0.2) is 59.4 Å². The minimum Gasteiger partial charge on any atom is -0.338 e. The van der Waals surface area contributed by atoms with E-state index < -0.39 is 0 Å². The highest BCUT2D eigenvalue weighted by Crippen LogP contribution is 2.20. The quantitative estimate of drug-likeness (QED) is 0.833. The number of hydrogen-bond donors (Lipinski definition) is 0. The second-order valence-electron chi connectivity index (χ2n) is 6.31. The van der Waals surface area contributed by atoms with Crippen LogP contribution >= 0.6 is 0 Å². The molecule has 1 aromatic heterocycles. The number of hydrogen-bond acceptors (Lipinski definition) is 5. The van der Waals surface area contributed by atoms with Gasteiger partial charge >= 0.3 is 0 Å². The first kappa shape index (κ1) is 17.8. The molecule has 0 spiro atoms. The second-order valence-corrected chi connectivity index (χ2v) is 6.31. The van der Waals surface area contributed by atoms with Gasteiger partial charge in [0.25, 0.3) is 0 Å². The fraction of sp³-hybridized carbons (Fsp3) is 0.368. The van der Waals surface area contributed by atoms with Crippen LogP contribution in [0, 0.1) is 6.92 Å². The predicted octanol–water partition coefficient (Wildman–Crippen LogP) is 1.49. The molecule has 7 heteroatoms. The Morgan fingerprint density at radius 3 is 2.31 bits per heavy atom. The van der Waals surface area contributed by atoms with E-state index in [0.29, 0.717) is 32.1 Å². The summed E-state index contributed by atoms with van der Waals surface area (Å²) < 4.78 is 0. The number of carbonyl (C=O) groups excluding carboxylic acids is 2. The number of nitrogens with zero attached hydrogens (tertiary/aromatic N) is 5. The number of aryl methyl sites for hydroxylation is 1. The Hall–Kier alpha value is -2.96. The average molecular weight is 353 g/mol. The van der Waals surface area contributed by atoms with Crippen LogP contribution in [0.2, 0.25) is 0 Å². The Kier molecular flexibility index (Phi) is 5.46. The van der Waals surface area contributed by atoms with Crippen molar-refractivity contribution in [3.63, 3.8) is 0 Å². The molecule has 3 rings (SSSR count). The van der Waals surface area contributed by atoms with Gasteiger partial charge < -0.3 is 14.7 Å². The van der Waals surface area contributed by atoms with Gasteiger partial charge in [-0.15, -0.1) is 0 Å². The van der Waals surface area contributed by atoms with Gasteiger partial charge in [-0.25, -0.2) is 9.97 Å². The molecule has 1 saturated heterocycles. The van der Waals surface area contributed by atoms with Crippen molar-refractivity contribution in [3.8, 4) is 0 Å². The van der Waals surface area contributed by atoms with Crippen LogP contribution in [0.5, 0.6) is 0 Å². The molecule has 26 heavy (non-hydrogen) atoms. The monoisotopic (exact) mass is 353 g/mol. The third-order valence-electron chi connectivity index (χ3n) is 4.55. The van der Waals surface area contributed by atoms with E-state index in [1.54, 1.807) is 28.3 Å². The standard InChI is InChI=1S/C19H23N5O2/c1-15-6-3-4-7-17(15)24(16(2)25)14-18(26)22-10-12-23(13-11-22)19-20-8-5-9-21-19/h3-9H,10-14H2,1-2H3. The third-order valence-corrected chi connectivity index (χ3v) is 4.55. The summed E-state index contributed by atoms with van der Waals surface area (Å²) in [5.41, 5.74) is 1.76. The highest BCUT2D eigenvalue weighted by Gasteiger charge is 2.25. The van der Waals surface area contributed by atoms with Crippen molar-refractivity contribution >= 4 is 23.5 Å². The maximum Gasteiger partial charge on any atom is 0.242 e. The van der Waals surface area contributed by atoms with Crippen molar-refractivity contribution in [1.82, 2.24) is 14.9 Å². The maximum absolute atomic E-state index is 12.7. The summed E-state index contributed by atoms with van der Waals surface area (Å²) in [6, 6.07) is 9.39. The number of amides is 2. The van der Waals surface area contributed by atoms with Crippen LogP contribution in [0.15, 0.2) is 42.7 Å². The highest BCUT2D eigenvalue weighted by molar-refractivity contribution is 5.98. The summed E-state index contributed by atoms with van der Waals surface area (Å²) in [7, 11) is 0. The van der Waals surface area contributed by atoms with E-state index in [9.17, 15) is 9.59 Å². The van der Waals surface area contributed by atoms with Gasteiger partial charge in [-0.3, -0.25) is 9.59 Å². The van der Waals surface area contributed by atoms with E-state index in [1.165, 1.54) is 6.92 Å². The Labute approximate surface area is 153 Å².